The Morgan fingerprint density at radius 3 is 2.63 bits per heavy atom. The molecular formula is C15H25NO2S. The van der Waals surface area contributed by atoms with Crippen LogP contribution in [-0.2, 0) is 11.2 Å². The van der Waals surface area contributed by atoms with Crippen molar-refractivity contribution in [2.45, 2.75) is 46.1 Å². The van der Waals surface area contributed by atoms with Crippen LogP contribution in [0, 0.1) is 11.8 Å². The Bertz CT molecular complexity index is 360. The van der Waals surface area contributed by atoms with Gasteiger partial charge in [-0.15, -0.1) is 11.3 Å². The highest BCUT2D eigenvalue weighted by molar-refractivity contribution is 7.09. The number of amides is 1. The van der Waals surface area contributed by atoms with Gasteiger partial charge in [-0.05, 0) is 23.8 Å². The summed E-state index contributed by atoms with van der Waals surface area (Å²) in [5.74, 6) is 0.249. The minimum Gasteiger partial charge on any atom is -0.391 e. The Kier molecular flexibility index (Phi) is 7.10. The molecule has 2 N–H and O–H groups in total. The van der Waals surface area contributed by atoms with Gasteiger partial charge in [0.05, 0.1) is 6.10 Å². The van der Waals surface area contributed by atoms with Gasteiger partial charge in [0.15, 0.2) is 0 Å². The molecule has 19 heavy (non-hydrogen) atoms. The molecule has 1 aromatic heterocycles. The van der Waals surface area contributed by atoms with Crippen molar-refractivity contribution in [1.29, 1.82) is 0 Å². The number of nitrogens with one attached hydrogen (secondary N) is 1. The van der Waals surface area contributed by atoms with Gasteiger partial charge in [0.1, 0.15) is 0 Å². The normalized spacial score (nSPS) is 14.4. The van der Waals surface area contributed by atoms with Crippen LogP contribution < -0.4 is 5.32 Å². The van der Waals surface area contributed by atoms with E-state index in [-0.39, 0.29) is 17.7 Å². The Morgan fingerprint density at radius 1 is 1.42 bits per heavy atom. The minimum absolute atomic E-state index is 0.0263. The van der Waals surface area contributed by atoms with Crippen molar-refractivity contribution in [2.75, 3.05) is 6.54 Å². The predicted octanol–water partition coefficient (Wildman–Crippen LogP) is 2.84. The second-order valence-corrected chi connectivity index (χ2v) is 6.11. The van der Waals surface area contributed by atoms with E-state index in [1.54, 1.807) is 11.3 Å². The zero-order valence-electron chi connectivity index (χ0n) is 12.1. The molecule has 0 bridgehead atoms. The Morgan fingerprint density at radius 2 is 2.11 bits per heavy atom. The maximum absolute atomic E-state index is 12.0. The van der Waals surface area contributed by atoms with Gasteiger partial charge in [0.25, 0.3) is 0 Å². The first-order chi connectivity index (χ1) is 9.08. The average Bonchev–Trinajstić information content (AvgIpc) is 2.90. The maximum atomic E-state index is 12.0. The van der Waals surface area contributed by atoms with E-state index in [0.717, 1.165) is 19.3 Å². The van der Waals surface area contributed by atoms with Crippen LogP contribution in [0.25, 0.3) is 0 Å². The summed E-state index contributed by atoms with van der Waals surface area (Å²) in [6.07, 6.45) is 2.22. The molecule has 2 atom stereocenters. The summed E-state index contributed by atoms with van der Waals surface area (Å²) >= 11 is 1.68. The molecular weight excluding hydrogens is 258 g/mol. The molecule has 1 amide bonds. The Balaban J connectivity index is 2.34. The quantitative estimate of drug-likeness (QED) is 0.771. The highest BCUT2D eigenvalue weighted by atomic mass is 32.1. The van der Waals surface area contributed by atoms with Crippen molar-refractivity contribution in [3.05, 3.63) is 22.4 Å². The monoisotopic (exact) mass is 283 g/mol. The van der Waals surface area contributed by atoms with Crippen LogP contribution >= 0.6 is 11.3 Å². The van der Waals surface area contributed by atoms with Crippen LogP contribution in [0.1, 0.15) is 38.5 Å². The lowest BCUT2D eigenvalue weighted by atomic mass is 9.96. The second-order valence-electron chi connectivity index (χ2n) is 5.07. The molecule has 0 fully saturated rings. The number of thiophene rings is 1. The summed E-state index contributed by atoms with van der Waals surface area (Å²) in [7, 11) is 0. The van der Waals surface area contributed by atoms with E-state index >= 15 is 0 Å². The molecule has 1 aromatic rings. The molecule has 0 saturated carbocycles. The van der Waals surface area contributed by atoms with E-state index in [9.17, 15) is 9.90 Å². The molecule has 0 saturated heterocycles. The third kappa shape index (κ3) is 5.33. The Hall–Kier alpha value is -0.870. The van der Waals surface area contributed by atoms with E-state index in [1.165, 1.54) is 4.88 Å². The van der Waals surface area contributed by atoms with Crippen molar-refractivity contribution < 1.29 is 9.90 Å². The van der Waals surface area contributed by atoms with E-state index in [2.05, 4.69) is 19.2 Å². The number of carbonyl (C=O) groups is 1. The van der Waals surface area contributed by atoms with Gasteiger partial charge in [-0.3, -0.25) is 4.79 Å². The Labute approximate surface area is 120 Å². The summed E-state index contributed by atoms with van der Waals surface area (Å²) in [4.78, 5) is 13.2. The number of hydrogen-bond donors (Lipinski definition) is 2. The van der Waals surface area contributed by atoms with Gasteiger partial charge in [0.2, 0.25) is 5.91 Å². The first kappa shape index (κ1) is 16.2. The molecule has 0 aliphatic carbocycles. The van der Waals surface area contributed by atoms with Crippen molar-refractivity contribution >= 4 is 17.2 Å². The van der Waals surface area contributed by atoms with Gasteiger partial charge in [-0.2, -0.15) is 0 Å². The summed E-state index contributed by atoms with van der Waals surface area (Å²) < 4.78 is 0. The van der Waals surface area contributed by atoms with Gasteiger partial charge < -0.3 is 10.4 Å². The zero-order valence-corrected chi connectivity index (χ0v) is 12.9. The molecule has 0 aliphatic rings. The molecule has 2 unspecified atom stereocenters. The van der Waals surface area contributed by atoms with Crippen LogP contribution in [0.4, 0.5) is 0 Å². The SMILES string of the molecule is CCC(CC)C(O)CNC(=O)C(C)Cc1cccs1. The number of aliphatic hydroxyl groups excluding tert-OH is 1. The van der Waals surface area contributed by atoms with Crippen LogP contribution in [0.15, 0.2) is 17.5 Å². The van der Waals surface area contributed by atoms with Crippen LogP contribution in [-0.4, -0.2) is 23.7 Å². The first-order valence-corrected chi connectivity index (χ1v) is 7.94. The van der Waals surface area contributed by atoms with Gasteiger partial charge in [-0.1, -0.05) is 39.7 Å². The van der Waals surface area contributed by atoms with Crippen molar-refractivity contribution in [3.8, 4) is 0 Å². The summed E-state index contributed by atoms with van der Waals surface area (Å²) in [6.45, 7) is 6.43. The third-order valence-corrected chi connectivity index (χ3v) is 4.51. The summed E-state index contributed by atoms with van der Waals surface area (Å²) in [5.41, 5.74) is 0. The van der Waals surface area contributed by atoms with Crippen molar-refractivity contribution in [1.82, 2.24) is 5.32 Å². The lowest BCUT2D eigenvalue weighted by Crippen LogP contribution is -2.38. The fraction of sp³-hybridized carbons (Fsp3) is 0.667. The number of hydrogen-bond acceptors (Lipinski definition) is 3. The van der Waals surface area contributed by atoms with Crippen LogP contribution in [0.2, 0.25) is 0 Å². The smallest absolute Gasteiger partial charge is 0.223 e. The molecule has 4 heteroatoms. The molecule has 0 aromatic carbocycles. The fourth-order valence-electron chi connectivity index (χ4n) is 2.20. The van der Waals surface area contributed by atoms with Crippen LogP contribution in [0.3, 0.4) is 0 Å². The number of aliphatic hydroxyl groups is 1. The summed E-state index contributed by atoms with van der Waals surface area (Å²) in [5, 5.41) is 14.9. The van der Waals surface area contributed by atoms with Gasteiger partial charge >= 0.3 is 0 Å². The average molecular weight is 283 g/mol. The molecule has 0 radical (unpaired) electrons. The second kappa shape index (κ2) is 8.33. The number of rotatable bonds is 8. The van der Waals surface area contributed by atoms with E-state index in [1.807, 2.05) is 24.4 Å². The van der Waals surface area contributed by atoms with E-state index in [0.29, 0.717) is 6.54 Å². The fourth-order valence-corrected chi connectivity index (χ4v) is 3.04. The van der Waals surface area contributed by atoms with Crippen molar-refractivity contribution in [3.63, 3.8) is 0 Å². The first-order valence-electron chi connectivity index (χ1n) is 7.06. The summed E-state index contributed by atoms with van der Waals surface area (Å²) in [6, 6.07) is 4.05. The predicted molar refractivity (Wildman–Crippen MR) is 80.3 cm³/mol. The lowest BCUT2D eigenvalue weighted by molar-refractivity contribution is -0.125. The highest BCUT2D eigenvalue weighted by Crippen LogP contribution is 2.15. The van der Waals surface area contributed by atoms with E-state index < -0.39 is 6.10 Å². The standard InChI is InChI=1S/C15H25NO2S/c1-4-12(5-2)14(17)10-16-15(18)11(3)9-13-7-6-8-19-13/h6-8,11-12,14,17H,4-5,9-10H2,1-3H3,(H,16,18). The number of carbonyl (C=O) groups excluding carboxylic acids is 1. The van der Waals surface area contributed by atoms with E-state index in [4.69, 9.17) is 0 Å². The molecule has 108 valence electrons. The minimum atomic E-state index is -0.437. The highest BCUT2D eigenvalue weighted by Gasteiger charge is 2.18. The van der Waals surface area contributed by atoms with Gasteiger partial charge in [0, 0.05) is 17.3 Å². The van der Waals surface area contributed by atoms with Crippen LogP contribution in [0.5, 0.6) is 0 Å². The molecule has 1 rings (SSSR count). The largest absolute Gasteiger partial charge is 0.391 e. The zero-order chi connectivity index (χ0) is 14.3. The molecule has 1 heterocycles. The molecule has 3 nitrogen and oxygen atoms in total. The van der Waals surface area contributed by atoms with Crippen molar-refractivity contribution in [2.24, 2.45) is 11.8 Å². The lowest BCUT2D eigenvalue weighted by Gasteiger charge is -2.21. The molecule has 0 spiro atoms. The third-order valence-electron chi connectivity index (χ3n) is 3.61. The topological polar surface area (TPSA) is 49.3 Å². The maximum Gasteiger partial charge on any atom is 0.223 e. The van der Waals surface area contributed by atoms with Gasteiger partial charge in [-0.25, -0.2) is 0 Å². The molecule has 0 aliphatic heterocycles.